The van der Waals surface area contributed by atoms with E-state index in [9.17, 15) is 0 Å². The first-order valence-electron chi connectivity index (χ1n) is 26.0. The Hall–Kier alpha value is -4.67. The van der Waals surface area contributed by atoms with Crippen molar-refractivity contribution < 1.29 is 52.1 Å². The van der Waals surface area contributed by atoms with E-state index in [0.717, 1.165) is 89.0 Å². The van der Waals surface area contributed by atoms with Gasteiger partial charge in [0.25, 0.3) is 0 Å². The minimum atomic E-state index is -2.06. The molecule has 0 amide bonds. The smallest absolute Gasteiger partial charge is 0.150 e. The van der Waals surface area contributed by atoms with Crippen LogP contribution in [0.2, 0.25) is 78.6 Å². The second-order valence-electron chi connectivity index (χ2n) is 22.9. The molecule has 0 aliphatic carbocycles. The molecule has 0 fully saturated rings. The lowest BCUT2D eigenvalue weighted by Crippen LogP contribution is -2.50. The summed E-state index contributed by atoms with van der Waals surface area (Å²) in [6.45, 7) is 29.4. The Morgan fingerprint density at radius 3 is 0.740 bits per heavy atom. The molecule has 416 valence electrons. The van der Waals surface area contributed by atoms with Crippen molar-refractivity contribution in [2.45, 2.75) is 91.8 Å². The Morgan fingerprint density at radius 1 is 0.312 bits per heavy atom. The summed E-state index contributed by atoms with van der Waals surface area (Å²) >= 11 is 0. The van der Waals surface area contributed by atoms with Gasteiger partial charge in [0, 0.05) is 15.8 Å². The van der Waals surface area contributed by atoms with E-state index in [1.807, 2.05) is 72.8 Å². The molecule has 0 bridgehead atoms. The average Bonchev–Trinajstić information content (AvgIpc) is 3.39. The lowest BCUT2D eigenvalue weighted by atomic mass is 10.2. The summed E-state index contributed by atoms with van der Waals surface area (Å²) < 4.78 is 69.4. The van der Waals surface area contributed by atoms with Crippen LogP contribution in [-0.2, 0) is 27.4 Å². The number of ether oxygens (including phenoxy) is 11. The Morgan fingerprint density at radius 2 is 0.545 bits per heavy atom. The lowest BCUT2D eigenvalue weighted by molar-refractivity contribution is -0.139. The van der Waals surface area contributed by atoms with Gasteiger partial charge in [0.2, 0.25) is 0 Å². The Labute approximate surface area is 466 Å². The van der Waals surface area contributed by atoms with E-state index in [4.69, 9.17) is 52.1 Å². The topological polar surface area (TPSA) is 102 Å². The fourth-order valence-corrected chi connectivity index (χ4v) is 22.0. The van der Waals surface area contributed by atoms with Crippen molar-refractivity contribution in [1.29, 1.82) is 0 Å². The molecular weight excluding hydrogens is 1070 g/mol. The highest BCUT2D eigenvalue weighted by atomic mass is 31.1. The SMILES string of the molecule is COc1cccc(OC)c1P(c1cc([Si](C)(C)C)cc([Si](C)(C)C)c1COCOCOCc1c(P(c2c(OC)cccc2OC)c2c(OC)cccc2OC)cc([Si](C)(C)C)cc1[Si](C)(C)C)c1c(OC)cccc1OC. The van der Waals surface area contributed by atoms with Crippen LogP contribution in [0.4, 0.5) is 0 Å². The molecule has 0 radical (unpaired) electrons. The highest BCUT2D eigenvalue weighted by Crippen LogP contribution is 2.48. The van der Waals surface area contributed by atoms with Crippen LogP contribution >= 0.6 is 15.8 Å². The zero-order valence-corrected chi connectivity index (χ0v) is 55.2. The number of hydrogen-bond acceptors (Lipinski definition) is 11. The van der Waals surface area contributed by atoms with Crippen LogP contribution in [0, 0.1) is 0 Å². The number of rotatable bonds is 26. The first-order valence-corrected chi connectivity index (χ1v) is 42.6. The van der Waals surface area contributed by atoms with Crippen LogP contribution in [0.3, 0.4) is 0 Å². The molecule has 0 spiro atoms. The number of methoxy groups -OCH3 is 8. The van der Waals surface area contributed by atoms with Gasteiger partial charge in [-0.15, -0.1) is 0 Å². The Kier molecular flexibility index (Phi) is 20.8. The van der Waals surface area contributed by atoms with Gasteiger partial charge in [-0.2, -0.15) is 0 Å². The quantitative estimate of drug-likeness (QED) is 0.0225. The molecule has 6 aromatic rings. The highest BCUT2D eigenvalue weighted by Gasteiger charge is 2.38. The van der Waals surface area contributed by atoms with Crippen molar-refractivity contribution in [3.05, 3.63) is 108 Å². The van der Waals surface area contributed by atoms with Crippen molar-refractivity contribution in [1.82, 2.24) is 0 Å². The minimum Gasteiger partial charge on any atom is -0.496 e. The second-order valence-corrected chi connectivity index (χ2v) is 47.2. The van der Waals surface area contributed by atoms with Crippen LogP contribution in [0.25, 0.3) is 0 Å². The largest absolute Gasteiger partial charge is 0.496 e. The summed E-state index contributed by atoms with van der Waals surface area (Å²) in [6.07, 6.45) is 0. The van der Waals surface area contributed by atoms with Gasteiger partial charge in [0.1, 0.15) is 59.6 Å². The van der Waals surface area contributed by atoms with Crippen LogP contribution in [0.1, 0.15) is 11.1 Å². The maximum absolute atomic E-state index is 6.71. The van der Waals surface area contributed by atoms with Gasteiger partial charge in [-0.25, -0.2) is 0 Å². The van der Waals surface area contributed by atoms with Gasteiger partial charge in [-0.3, -0.25) is 0 Å². The van der Waals surface area contributed by atoms with Gasteiger partial charge in [-0.05, 0) is 70.3 Å². The molecule has 17 heteroatoms. The van der Waals surface area contributed by atoms with Crippen LogP contribution in [0.15, 0.2) is 97.1 Å². The summed E-state index contributed by atoms with van der Waals surface area (Å²) in [4.78, 5) is 0. The van der Waals surface area contributed by atoms with Crippen molar-refractivity contribution in [3.8, 4) is 46.0 Å². The predicted molar refractivity (Wildman–Crippen MR) is 335 cm³/mol. The Bertz CT molecular complexity index is 2580. The van der Waals surface area contributed by atoms with Gasteiger partial charge < -0.3 is 52.1 Å². The molecule has 0 aliphatic rings. The van der Waals surface area contributed by atoms with E-state index in [1.54, 1.807) is 56.9 Å². The molecule has 0 N–H and O–H groups in total. The summed E-state index contributed by atoms with van der Waals surface area (Å²) in [6, 6.07) is 33.7. The van der Waals surface area contributed by atoms with Crippen molar-refractivity contribution >= 4 is 101 Å². The molecule has 0 aromatic heterocycles. The van der Waals surface area contributed by atoms with Crippen LogP contribution in [0.5, 0.6) is 46.0 Å². The third kappa shape index (κ3) is 13.9. The first-order chi connectivity index (χ1) is 36.4. The summed E-state index contributed by atoms with van der Waals surface area (Å²) in [5.41, 5.74) is 2.25. The molecule has 77 heavy (non-hydrogen) atoms. The van der Waals surface area contributed by atoms with Gasteiger partial charge in [0.15, 0.2) is 0 Å². The van der Waals surface area contributed by atoms with Crippen molar-refractivity contribution in [3.63, 3.8) is 0 Å². The lowest BCUT2D eigenvalue weighted by Gasteiger charge is -2.33. The molecule has 6 aromatic carbocycles. The molecule has 11 nitrogen and oxygen atoms in total. The molecule has 0 atom stereocenters. The monoisotopic (exact) mass is 1150 g/mol. The molecule has 0 saturated carbocycles. The van der Waals surface area contributed by atoms with E-state index in [1.165, 1.54) is 20.7 Å². The maximum atomic E-state index is 6.71. The van der Waals surface area contributed by atoms with E-state index in [0.29, 0.717) is 13.2 Å². The summed E-state index contributed by atoms with van der Waals surface area (Å²) in [5, 5.41) is 11.4. The number of benzene rings is 6. The van der Waals surface area contributed by atoms with E-state index in [-0.39, 0.29) is 13.6 Å². The normalized spacial score (nSPS) is 12.2. The molecule has 0 heterocycles. The Balaban J connectivity index is 1.45. The highest BCUT2D eigenvalue weighted by molar-refractivity contribution is 7.81. The molecule has 0 unspecified atom stereocenters. The van der Waals surface area contributed by atoms with E-state index >= 15 is 0 Å². The third-order valence-corrected chi connectivity index (χ3v) is 27.1. The standard InChI is InChI=1S/C60H84O11P2Si4/c1-61-45-25-21-26-46(62-2)57(45)72(58-47(63-3)27-22-28-48(58)64-4)53-33-41(74(9,10)11)35-55(76(15,16)17)43(53)37-69-39-71-40-70-38-44-54(34-42(75(12,13)14)36-56(44)77(18,19)20)73(59-49(65-5)29-23-30-50(59)66-6)60-51(67-7)31-24-32-52(60)68-8/h21-36H,37-40H2,1-20H3. The molecule has 0 saturated heterocycles. The van der Waals surface area contributed by atoms with Gasteiger partial charge in [0.05, 0.1) is 124 Å². The number of hydrogen-bond donors (Lipinski definition) is 0. The third-order valence-electron chi connectivity index (χ3n) is 13.6. The zero-order valence-electron chi connectivity index (χ0n) is 49.5. The van der Waals surface area contributed by atoms with Crippen molar-refractivity contribution in [2.75, 3.05) is 70.5 Å². The summed E-state index contributed by atoms with van der Waals surface area (Å²) in [7, 11) is 2.84. The molecular formula is C60H84O11P2Si4. The fourth-order valence-electron chi connectivity index (χ4n) is 9.57. The van der Waals surface area contributed by atoms with E-state index < -0.39 is 48.1 Å². The second kappa shape index (κ2) is 26.1. The van der Waals surface area contributed by atoms with Crippen LogP contribution < -0.4 is 90.5 Å². The van der Waals surface area contributed by atoms with Crippen molar-refractivity contribution in [2.24, 2.45) is 0 Å². The van der Waals surface area contributed by atoms with E-state index in [2.05, 4.69) is 103 Å². The van der Waals surface area contributed by atoms with Gasteiger partial charge >= 0.3 is 0 Å². The average molecular weight is 1160 g/mol. The minimum absolute atomic E-state index is 0.0000660. The van der Waals surface area contributed by atoms with Crippen LogP contribution in [-0.4, -0.2) is 103 Å². The predicted octanol–water partition coefficient (Wildman–Crippen LogP) is 9.12. The zero-order chi connectivity index (χ0) is 56.6. The first kappa shape index (κ1) is 61.5. The molecule has 6 rings (SSSR count). The fraction of sp³-hybridized carbons (Fsp3) is 0.400. The maximum Gasteiger partial charge on any atom is 0.150 e. The summed E-state index contributed by atoms with van der Waals surface area (Å²) in [5.74, 6) is 5.75. The molecule has 0 aliphatic heterocycles. The van der Waals surface area contributed by atoms with Gasteiger partial charge in [-0.1, -0.05) is 148 Å².